The third-order valence-electron chi connectivity index (χ3n) is 2.35. The van der Waals surface area contributed by atoms with Crippen molar-refractivity contribution in [3.8, 4) is 6.07 Å². The van der Waals surface area contributed by atoms with Gasteiger partial charge in [-0.25, -0.2) is 13.2 Å². The van der Waals surface area contributed by atoms with Crippen LogP contribution in [-0.4, -0.2) is 37.4 Å². The molecule has 1 aromatic carbocycles. The van der Waals surface area contributed by atoms with Gasteiger partial charge in [-0.1, -0.05) is 0 Å². The van der Waals surface area contributed by atoms with Crippen molar-refractivity contribution < 1.29 is 18.3 Å². The van der Waals surface area contributed by atoms with Crippen LogP contribution in [0.1, 0.15) is 16.8 Å². The van der Waals surface area contributed by atoms with E-state index in [1.165, 1.54) is 31.3 Å². The van der Waals surface area contributed by atoms with Gasteiger partial charge in [0.25, 0.3) is 0 Å². The molecule has 7 heteroatoms. The predicted molar refractivity (Wildman–Crippen MR) is 63.4 cm³/mol. The fraction of sp³-hybridized carbons (Fsp3) is 0.273. The molecule has 0 amide bonds. The first-order valence-electron chi connectivity index (χ1n) is 5.06. The minimum atomic E-state index is -3.66. The zero-order valence-electron chi connectivity index (χ0n) is 9.70. The topological polar surface area (TPSA) is 98.5 Å². The van der Waals surface area contributed by atoms with E-state index in [4.69, 9.17) is 10.4 Å². The lowest BCUT2D eigenvalue weighted by molar-refractivity contribution is 0.0696. The second-order valence-corrected chi connectivity index (χ2v) is 5.61. The molecule has 0 radical (unpaired) electrons. The molecule has 0 heterocycles. The molecule has 0 aliphatic heterocycles. The number of carboxylic acids is 1. The first-order chi connectivity index (χ1) is 8.39. The molecule has 0 aliphatic rings. The van der Waals surface area contributed by atoms with Gasteiger partial charge in [0.15, 0.2) is 0 Å². The Morgan fingerprint density at radius 2 is 1.94 bits per heavy atom. The number of sulfonamides is 1. The predicted octanol–water partition coefficient (Wildman–Crippen LogP) is 0.919. The van der Waals surface area contributed by atoms with Crippen molar-refractivity contribution in [2.75, 3.05) is 13.6 Å². The summed E-state index contributed by atoms with van der Waals surface area (Å²) in [5.41, 5.74) is 0.0219. The molecule has 0 bridgehead atoms. The van der Waals surface area contributed by atoms with Gasteiger partial charge in [-0.05, 0) is 24.3 Å². The third-order valence-corrected chi connectivity index (χ3v) is 4.22. The molecule has 96 valence electrons. The molecular formula is C11H12N2O4S. The lowest BCUT2D eigenvalue weighted by atomic mass is 10.2. The van der Waals surface area contributed by atoms with E-state index in [1.807, 2.05) is 6.07 Å². The molecule has 0 fully saturated rings. The summed E-state index contributed by atoms with van der Waals surface area (Å²) in [6.45, 7) is 0.0967. The van der Waals surface area contributed by atoms with Crippen molar-refractivity contribution in [3.63, 3.8) is 0 Å². The van der Waals surface area contributed by atoms with Crippen LogP contribution in [0.25, 0.3) is 0 Å². The van der Waals surface area contributed by atoms with Gasteiger partial charge in [-0.3, -0.25) is 0 Å². The van der Waals surface area contributed by atoms with Gasteiger partial charge >= 0.3 is 5.97 Å². The number of hydrogen-bond donors (Lipinski definition) is 1. The van der Waals surface area contributed by atoms with Gasteiger partial charge in [0.2, 0.25) is 10.0 Å². The van der Waals surface area contributed by atoms with Gasteiger partial charge in [0, 0.05) is 20.0 Å². The Morgan fingerprint density at radius 3 is 2.39 bits per heavy atom. The normalized spacial score (nSPS) is 11.2. The van der Waals surface area contributed by atoms with Gasteiger partial charge in [-0.15, -0.1) is 0 Å². The molecule has 18 heavy (non-hydrogen) atoms. The molecular weight excluding hydrogens is 256 g/mol. The minimum absolute atomic E-state index is 0.00735. The Balaban J connectivity index is 2.99. The van der Waals surface area contributed by atoms with E-state index >= 15 is 0 Å². The van der Waals surface area contributed by atoms with E-state index in [0.29, 0.717) is 0 Å². The van der Waals surface area contributed by atoms with Crippen molar-refractivity contribution in [1.29, 1.82) is 5.26 Å². The molecule has 0 saturated heterocycles. The average molecular weight is 268 g/mol. The van der Waals surface area contributed by atoms with Crippen LogP contribution >= 0.6 is 0 Å². The second kappa shape index (κ2) is 5.62. The summed E-state index contributed by atoms with van der Waals surface area (Å²) in [6, 6.07) is 6.80. The van der Waals surface area contributed by atoms with Gasteiger partial charge in [-0.2, -0.15) is 9.57 Å². The molecule has 0 unspecified atom stereocenters. The van der Waals surface area contributed by atoms with Crippen LogP contribution in [-0.2, 0) is 10.0 Å². The summed E-state index contributed by atoms with van der Waals surface area (Å²) in [4.78, 5) is 10.6. The Bertz CT molecular complexity index is 572. The number of carboxylic acid groups (broad SMARTS) is 1. The summed E-state index contributed by atoms with van der Waals surface area (Å²) in [5, 5.41) is 17.1. The maximum atomic E-state index is 12.0. The van der Waals surface area contributed by atoms with E-state index in [-0.39, 0.29) is 23.4 Å². The van der Waals surface area contributed by atoms with Crippen molar-refractivity contribution in [1.82, 2.24) is 4.31 Å². The van der Waals surface area contributed by atoms with Crippen molar-refractivity contribution >= 4 is 16.0 Å². The number of benzene rings is 1. The summed E-state index contributed by atoms with van der Waals surface area (Å²) in [6.07, 6.45) is 0.100. The minimum Gasteiger partial charge on any atom is -0.478 e. The highest BCUT2D eigenvalue weighted by Gasteiger charge is 2.20. The monoisotopic (exact) mass is 268 g/mol. The first-order valence-corrected chi connectivity index (χ1v) is 6.50. The Labute approximate surface area is 105 Å². The highest BCUT2D eigenvalue weighted by Crippen LogP contribution is 2.15. The number of nitriles is 1. The van der Waals surface area contributed by atoms with E-state index in [0.717, 1.165) is 4.31 Å². The van der Waals surface area contributed by atoms with Crippen LogP contribution < -0.4 is 0 Å². The van der Waals surface area contributed by atoms with Crippen molar-refractivity contribution in [3.05, 3.63) is 29.8 Å². The zero-order valence-corrected chi connectivity index (χ0v) is 10.5. The van der Waals surface area contributed by atoms with E-state index in [9.17, 15) is 13.2 Å². The van der Waals surface area contributed by atoms with E-state index < -0.39 is 16.0 Å². The SMILES string of the molecule is CN(CCC#N)S(=O)(=O)c1ccc(C(=O)O)cc1. The zero-order chi connectivity index (χ0) is 13.8. The number of hydrogen-bond acceptors (Lipinski definition) is 4. The van der Waals surface area contributed by atoms with Crippen LogP contribution in [0, 0.1) is 11.3 Å². The van der Waals surface area contributed by atoms with Gasteiger partial charge in [0.05, 0.1) is 16.5 Å². The number of aromatic carboxylic acids is 1. The molecule has 0 saturated carbocycles. The highest BCUT2D eigenvalue weighted by atomic mass is 32.2. The molecule has 0 aliphatic carbocycles. The maximum absolute atomic E-state index is 12.0. The first kappa shape index (κ1) is 14.2. The number of nitrogens with zero attached hydrogens (tertiary/aromatic N) is 2. The molecule has 1 N–H and O–H groups in total. The maximum Gasteiger partial charge on any atom is 0.335 e. The Morgan fingerprint density at radius 1 is 1.39 bits per heavy atom. The third kappa shape index (κ3) is 3.06. The lowest BCUT2D eigenvalue weighted by Gasteiger charge is -2.15. The summed E-state index contributed by atoms with van der Waals surface area (Å²) >= 11 is 0. The summed E-state index contributed by atoms with van der Waals surface area (Å²) in [5.74, 6) is -1.11. The Kier molecular flexibility index (Phi) is 4.42. The molecule has 0 aromatic heterocycles. The van der Waals surface area contributed by atoms with Crippen LogP contribution in [0.2, 0.25) is 0 Å². The van der Waals surface area contributed by atoms with Crippen LogP contribution in [0.4, 0.5) is 0 Å². The molecule has 6 nitrogen and oxygen atoms in total. The van der Waals surface area contributed by atoms with Crippen LogP contribution in [0.5, 0.6) is 0 Å². The molecule has 0 spiro atoms. The fourth-order valence-corrected chi connectivity index (χ4v) is 2.45. The largest absolute Gasteiger partial charge is 0.478 e. The number of carbonyl (C=O) groups is 1. The van der Waals surface area contributed by atoms with Gasteiger partial charge < -0.3 is 5.11 Å². The Hall–Kier alpha value is -1.91. The van der Waals surface area contributed by atoms with Crippen molar-refractivity contribution in [2.24, 2.45) is 0 Å². The smallest absolute Gasteiger partial charge is 0.335 e. The van der Waals surface area contributed by atoms with E-state index in [1.54, 1.807) is 0 Å². The fourth-order valence-electron chi connectivity index (χ4n) is 1.28. The summed E-state index contributed by atoms with van der Waals surface area (Å²) in [7, 11) is -2.29. The molecule has 1 rings (SSSR count). The van der Waals surface area contributed by atoms with Crippen LogP contribution in [0.3, 0.4) is 0 Å². The quantitative estimate of drug-likeness (QED) is 0.856. The van der Waals surface area contributed by atoms with Crippen LogP contribution in [0.15, 0.2) is 29.2 Å². The molecule has 1 aromatic rings. The second-order valence-electron chi connectivity index (χ2n) is 3.56. The average Bonchev–Trinajstić information content (AvgIpc) is 2.35. The van der Waals surface area contributed by atoms with Gasteiger partial charge in [0.1, 0.15) is 0 Å². The standard InChI is InChI=1S/C11H12N2O4S/c1-13(8-2-7-12)18(16,17)10-5-3-9(4-6-10)11(14)15/h3-6H,2,8H2,1H3,(H,14,15). The lowest BCUT2D eigenvalue weighted by Crippen LogP contribution is -2.27. The summed E-state index contributed by atoms with van der Waals surface area (Å²) < 4.78 is 25.0. The molecule has 0 atom stereocenters. The number of rotatable bonds is 5. The van der Waals surface area contributed by atoms with E-state index in [2.05, 4.69) is 0 Å². The van der Waals surface area contributed by atoms with Crippen molar-refractivity contribution in [2.45, 2.75) is 11.3 Å². The highest BCUT2D eigenvalue weighted by molar-refractivity contribution is 7.89.